The van der Waals surface area contributed by atoms with Gasteiger partial charge in [-0.2, -0.15) is 18.3 Å². The average Bonchev–Trinajstić information content (AvgIpc) is 3.64. The molecule has 3 aliphatic rings. The highest BCUT2D eigenvalue weighted by molar-refractivity contribution is 6.33. The second kappa shape index (κ2) is 13.0. The van der Waals surface area contributed by atoms with E-state index in [2.05, 4.69) is 20.6 Å². The lowest BCUT2D eigenvalue weighted by Gasteiger charge is -2.40. The van der Waals surface area contributed by atoms with Gasteiger partial charge in [0.15, 0.2) is 0 Å². The largest absolute Gasteiger partial charge is 0.416 e. The lowest BCUT2D eigenvalue weighted by molar-refractivity contribution is -0.138. The number of amides is 4. The van der Waals surface area contributed by atoms with Crippen molar-refractivity contribution in [2.24, 2.45) is 7.05 Å². The maximum atomic E-state index is 13.5. The zero-order chi connectivity index (χ0) is 36.2. The van der Waals surface area contributed by atoms with Crippen LogP contribution in [0.2, 0.25) is 5.02 Å². The van der Waals surface area contributed by atoms with E-state index in [0.717, 1.165) is 30.2 Å². The first-order valence-electron chi connectivity index (χ1n) is 16.5. The molecule has 4 heterocycles. The number of piperidine rings is 1. The van der Waals surface area contributed by atoms with Crippen LogP contribution in [-0.4, -0.2) is 78.5 Å². The molecular weight excluding hydrogens is 693 g/mol. The lowest BCUT2D eigenvalue weighted by Crippen LogP contribution is -2.51. The van der Waals surface area contributed by atoms with Gasteiger partial charge < -0.3 is 10.2 Å². The van der Waals surface area contributed by atoms with E-state index in [-0.39, 0.29) is 41.1 Å². The third-order valence-electron chi connectivity index (χ3n) is 10.2. The molecule has 2 aliphatic heterocycles. The summed E-state index contributed by atoms with van der Waals surface area (Å²) < 4.78 is 43.6. The number of nitrogens with zero attached hydrogens (tertiary/aromatic N) is 6. The zero-order valence-corrected chi connectivity index (χ0v) is 28.3. The van der Waals surface area contributed by atoms with E-state index >= 15 is 0 Å². The molecule has 1 saturated carbocycles. The lowest BCUT2D eigenvalue weighted by atomic mass is 9.76. The summed E-state index contributed by atoms with van der Waals surface area (Å²) in [5, 5.41) is 9.08. The number of imide groups is 1. The summed E-state index contributed by atoms with van der Waals surface area (Å²) in [5.41, 5.74) is 0.263. The van der Waals surface area contributed by atoms with Crippen molar-refractivity contribution in [1.82, 2.24) is 34.0 Å². The van der Waals surface area contributed by atoms with E-state index in [4.69, 9.17) is 11.6 Å². The Morgan fingerprint density at radius 3 is 2.43 bits per heavy atom. The number of imidazole rings is 1. The van der Waals surface area contributed by atoms with Crippen molar-refractivity contribution in [2.75, 3.05) is 31.5 Å². The highest BCUT2D eigenvalue weighted by Crippen LogP contribution is 2.41. The van der Waals surface area contributed by atoms with Gasteiger partial charge in [0.1, 0.15) is 11.6 Å². The maximum Gasteiger partial charge on any atom is 0.416 e. The molecule has 1 aliphatic carbocycles. The van der Waals surface area contributed by atoms with Crippen LogP contribution in [0.4, 0.5) is 18.9 Å². The molecular formula is C34H34ClF3N8O5. The van der Waals surface area contributed by atoms with Gasteiger partial charge >= 0.3 is 11.9 Å². The number of fused-ring (bicyclic) bond motifs is 1. The molecule has 7 rings (SSSR count). The first kappa shape index (κ1) is 34.5. The molecule has 1 atom stereocenters. The third kappa shape index (κ3) is 6.30. The van der Waals surface area contributed by atoms with E-state index in [1.807, 2.05) is 18.2 Å². The van der Waals surface area contributed by atoms with Gasteiger partial charge in [0.25, 0.3) is 11.8 Å². The Labute approximate surface area is 293 Å². The van der Waals surface area contributed by atoms with Crippen LogP contribution >= 0.6 is 11.6 Å². The highest BCUT2D eigenvalue weighted by Gasteiger charge is 2.47. The molecule has 2 N–H and O–H groups in total. The van der Waals surface area contributed by atoms with E-state index in [1.54, 1.807) is 18.1 Å². The first-order valence-corrected chi connectivity index (χ1v) is 16.9. The van der Waals surface area contributed by atoms with Gasteiger partial charge in [-0.05, 0) is 61.6 Å². The quantitative estimate of drug-likeness (QED) is 0.277. The zero-order valence-electron chi connectivity index (χ0n) is 27.5. The number of hydrogen-bond acceptors (Lipinski definition) is 7. The number of nitrogens with one attached hydrogen (secondary N) is 2. The summed E-state index contributed by atoms with van der Waals surface area (Å²) in [6.07, 6.45) is 0.422. The van der Waals surface area contributed by atoms with Crippen molar-refractivity contribution < 1.29 is 32.3 Å². The van der Waals surface area contributed by atoms with Crippen molar-refractivity contribution in [2.45, 2.75) is 56.4 Å². The van der Waals surface area contributed by atoms with Gasteiger partial charge in [-0.25, -0.2) is 4.79 Å². The van der Waals surface area contributed by atoms with E-state index < -0.39 is 35.1 Å². The number of aryl methyl sites for hydroxylation is 1. The molecule has 2 saturated heterocycles. The van der Waals surface area contributed by atoms with E-state index in [0.29, 0.717) is 62.2 Å². The van der Waals surface area contributed by atoms with Gasteiger partial charge in [-0.1, -0.05) is 17.7 Å². The molecule has 1 unspecified atom stereocenters. The maximum absolute atomic E-state index is 13.5. The summed E-state index contributed by atoms with van der Waals surface area (Å²) in [6.45, 7) is 2.67. The fourth-order valence-corrected chi connectivity index (χ4v) is 7.29. The van der Waals surface area contributed by atoms with Crippen LogP contribution in [0.1, 0.15) is 59.6 Å². The van der Waals surface area contributed by atoms with Gasteiger partial charge in [0.05, 0.1) is 39.1 Å². The summed E-state index contributed by atoms with van der Waals surface area (Å²) in [7, 11) is 1.65. The monoisotopic (exact) mass is 726 g/mol. The molecule has 4 amide bonds. The Kier molecular flexibility index (Phi) is 8.78. The predicted molar refractivity (Wildman–Crippen MR) is 179 cm³/mol. The number of halogens is 4. The summed E-state index contributed by atoms with van der Waals surface area (Å²) in [4.78, 5) is 68.1. The number of rotatable bonds is 7. The standard InChI is InChI=1S/C34H34ClF3N8O5/c1-42-27-15-20(3-6-25(27)46(32(42)51)26-7-8-28(47)41-29(26)48)18-43-11-13-44(14-12-43)30(49)21-17-39-45(19-21)33(9-2-10-33)31(50)40-24-5-4-22(16-23(24)35)34(36,37)38/h3-6,15-17,19,26H,2,7-14,18H2,1H3,(H,40,50)(H,41,47,48). The molecule has 0 bridgehead atoms. The van der Waals surface area contributed by atoms with Crippen molar-refractivity contribution in [3.05, 3.63) is 81.0 Å². The molecule has 51 heavy (non-hydrogen) atoms. The minimum atomic E-state index is -4.57. The van der Waals surface area contributed by atoms with Crippen LogP contribution in [0, 0.1) is 0 Å². The molecule has 0 radical (unpaired) electrons. The Morgan fingerprint density at radius 1 is 1.04 bits per heavy atom. The van der Waals surface area contributed by atoms with Crippen LogP contribution < -0.4 is 16.3 Å². The first-order chi connectivity index (χ1) is 24.2. The Morgan fingerprint density at radius 2 is 1.78 bits per heavy atom. The molecule has 0 spiro atoms. The van der Waals surface area contributed by atoms with Gasteiger partial charge in [0.2, 0.25) is 11.8 Å². The number of alkyl halides is 3. The molecule has 2 aromatic carbocycles. The number of benzene rings is 2. The fraction of sp³-hybridized carbons (Fsp3) is 0.412. The fourth-order valence-electron chi connectivity index (χ4n) is 7.06. The smallest absolute Gasteiger partial charge is 0.336 e. The van der Waals surface area contributed by atoms with Crippen LogP contribution in [0.15, 0.2) is 53.6 Å². The van der Waals surface area contributed by atoms with Crippen LogP contribution in [0.3, 0.4) is 0 Å². The van der Waals surface area contributed by atoms with Crippen molar-refractivity contribution in [3.63, 3.8) is 0 Å². The Bertz CT molecular complexity index is 2130. The molecule has 17 heteroatoms. The summed E-state index contributed by atoms with van der Waals surface area (Å²) >= 11 is 6.07. The van der Waals surface area contributed by atoms with Crippen LogP contribution in [0.5, 0.6) is 0 Å². The summed E-state index contributed by atoms with van der Waals surface area (Å²) in [5.74, 6) is -1.54. The van der Waals surface area contributed by atoms with Crippen molar-refractivity contribution in [3.8, 4) is 0 Å². The second-order valence-electron chi connectivity index (χ2n) is 13.3. The number of piperazine rings is 1. The molecule has 3 fully saturated rings. The molecule has 2 aromatic heterocycles. The average molecular weight is 727 g/mol. The molecule has 268 valence electrons. The number of carbonyl (C=O) groups is 4. The normalized spacial score (nSPS) is 19.5. The van der Waals surface area contributed by atoms with Crippen molar-refractivity contribution in [1.29, 1.82) is 0 Å². The minimum absolute atomic E-state index is 0.0527. The Balaban J connectivity index is 0.981. The summed E-state index contributed by atoms with van der Waals surface area (Å²) in [6, 6.07) is 7.63. The number of hydrogen-bond donors (Lipinski definition) is 2. The minimum Gasteiger partial charge on any atom is -0.336 e. The number of carbonyl (C=O) groups excluding carboxylic acids is 4. The van der Waals surface area contributed by atoms with E-state index in [9.17, 15) is 37.1 Å². The van der Waals surface area contributed by atoms with Crippen molar-refractivity contribution >= 4 is 52.0 Å². The third-order valence-corrected chi connectivity index (χ3v) is 10.5. The SMILES string of the molecule is Cn1c(=O)n(C2CCC(=O)NC2=O)c2ccc(CN3CCN(C(=O)c4cnn(C5(C(=O)Nc6ccc(C(F)(F)F)cc6Cl)CCC5)c4)CC3)cc21. The topological polar surface area (TPSA) is 144 Å². The van der Waals surface area contributed by atoms with Gasteiger partial charge in [-0.3, -0.25) is 43.2 Å². The molecule has 4 aromatic rings. The van der Waals surface area contributed by atoms with Crippen LogP contribution in [0.25, 0.3) is 11.0 Å². The van der Waals surface area contributed by atoms with Crippen LogP contribution in [-0.2, 0) is 39.7 Å². The second-order valence-corrected chi connectivity index (χ2v) is 13.7. The van der Waals surface area contributed by atoms with Gasteiger partial charge in [-0.15, -0.1) is 0 Å². The number of aromatic nitrogens is 4. The molecule has 13 nitrogen and oxygen atoms in total. The number of anilines is 1. The Hall–Kier alpha value is -4.96. The van der Waals surface area contributed by atoms with Gasteiger partial charge in [0, 0.05) is 52.4 Å². The predicted octanol–water partition coefficient (Wildman–Crippen LogP) is 3.66. The highest BCUT2D eigenvalue weighted by atomic mass is 35.5. The van der Waals surface area contributed by atoms with E-state index in [1.165, 1.54) is 20.0 Å².